The van der Waals surface area contributed by atoms with Crippen LogP contribution in [-0.2, 0) is 0 Å². The molecule has 14 heavy (non-hydrogen) atoms. The molecule has 4 heteroatoms. The van der Waals surface area contributed by atoms with Crippen LogP contribution < -0.4 is 37.7 Å². The Balaban J connectivity index is -0.000000605. The summed E-state index contributed by atoms with van der Waals surface area (Å²) in [6.07, 6.45) is 5.79. The van der Waals surface area contributed by atoms with Crippen LogP contribution in [0.4, 0.5) is 0 Å². The normalized spacial score (nSPS) is 13.7. The molecule has 72 valence electrons. The first-order chi connectivity index (χ1) is 5.70. The van der Waals surface area contributed by atoms with Crippen LogP contribution in [-0.4, -0.2) is 12.1 Å². The molecule has 0 saturated heterocycles. The monoisotopic (exact) mass is 182 g/mol. The van der Waals surface area contributed by atoms with Gasteiger partial charge in [-0.3, -0.25) is 0 Å². The minimum absolute atomic E-state index is 0. The van der Waals surface area contributed by atoms with E-state index in [0.717, 1.165) is 12.8 Å². The first-order valence-electron chi connectivity index (χ1n) is 4.75. The summed E-state index contributed by atoms with van der Waals surface area (Å²) in [4.78, 5) is 0. The maximum Gasteiger partial charge on any atom is 1.00 e. The standard InChI is InChI=1S/C10H20N2.2Li/c1-5-9(3)11-7-8-12-10(4)6-2;;/h7-10H,5-6H2,1-4H3;;/q-2;2*+1/b8-7-;;. The van der Waals surface area contributed by atoms with Gasteiger partial charge in [-0.15, -0.1) is 12.1 Å². The third-order valence-corrected chi connectivity index (χ3v) is 1.93. The second-order valence-electron chi connectivity index (χ2n) is 3.11. The van der Waals surface area contributed by atoms with Gasteiger partial charge in [0.05, 0.1) is 0 Å². The molecule has 0 N–H and O–H groups in total. The second-order valence-corrected chi connectivity index (χ2v) is 3.11. The van der Waals surface area contributed by atoms with Crippen molar-refractivity contribution in [2.75, 3.05) is 0 Å². The van der Waals surface area contributed by atoms with Crippen LogP contribution in [0.25, 0.3) is 10.6 Å². The first-order valence-corrected chi connectivity index (χ1v) is 4.75. The predicted octanol–water partition coefficient (Wildman–Crippen LogP) is -2.19. The van der Waals surface area contributed by atoms with Gasteiger partial charge in [0.25, 0.3) is 0 Å². The summed E-state index contributed by atoms with van der Waals surface area (Å²) < 4.78 is 0. The summed E-state index contributed by atoms with van der Waals surface area (Å²) >= 11 is 0. The molecule has 0 heterocycles. The fourth-order valence-electron chi connectivity index (χ4n) is 0.582. The average Bonchev–Trinajstić information content (AvgIpc) is 2.11. The van der Waals surface area contributed by atoms with Gasteiger partial charge in [0.15, 0.2) is 0 Å². The number of hydrogen-bond donors (Lipinski definition) is 0. The Morgan fingerprint density at radius 3 is 1.36 bits per heavy atom. The van der Waals surface area contributed by atoms with Crippen molar-refractivity contribution in [3.63, 3.8) is 0 Å². The van der Waals surface area contributed by atoms with Gasteiger partial charge in [-0.1, -0.05) is 40.5 Å². The molecule has 0 aromatic heterocycles. The quantitative estimate of drug-likeness (QED) is 0.417. The minimum Gasteiger partial charge on any atom is -0.690 e. The Bertz CT molecular complexity index is 115. The van der Waals surface area contributed by atoms with E-state index in [0.29, 0.717) is 12.1 Å². The zero-order valence-electron chi connectivity index (χ0n) is 10.6. The van der Waals surface area contributed by atoms with E-state index in [4.69, 9.17) is 0 Å². The summed E-state index contributed by atoms with van der Waals surface area (Å²) in [5.41, 5.74) is 0. The van der Waals surface area contributed by atoms with Gasteiger partial charge >= 0.3 is 37.7 Å². The SMILES string of the molecule is CCC(C)[N-]/C=C\[N-]C(C)CC.[Li+].[Li+]. The molecule has 0 bridgehead atoms. The van der Waals surface area contributed by atoms with Crippen LogP contribution in [0.3, 0.4) is 0 Å². The maximum absolute atomic E-state index is 4.27. The van der Waals surface area contributed by atoms with Gasteiger partial charge in [-0.05, 0) is 0 Å². The molecule has 2 unspecified atom stereocenters. The molecule has 0 aliphatic carbocycles. The van der Waals surface area contributed by atoms with Gasteiger partial charge in [-0.25, -0.2) is 12.4 Å². The van der Waals surface area contributed by atoms with Crippen molar-refractivity contribution in [3.05, 3.63) is 23.0 Å². The van der Waals surface area contributed by atoms with E-state index in [1.165, 1.54) is 0 Å². The average molecular weight is 182 g/mol. The summed E-state index contributed by atoms with van der Waals surface area (Å²) in [6.45, 7) is 8.48. The van der Waals surface area contributed by atoms with E-state index in [9.17, 15) is 0 Å². The Labute approximate surface area is 113 Å². The molecule has 0 spiro atoms. The van der Waals surface area contributed by atoms with Crippen LogP contribution in [0.5, 0.6) is 0 Å². The van der Waals surface area contributed by atoms with E-state index in [2.05, 4.69) is 38.3 Å². The molecule has 2 nitrogen and oxygen atoms in total. The van der Waals surface area contributed by atoms with Crippen molar-refractivity contribution in [1.29, 1.82) is 0 Å². The maximum atomic E-state index is 4.27. The van der Waals surface area contributed by atoms with E-state index < -0.39 is 0 Å². The van der Waals surface area contributed by atoms with Gasteiger partial charge in [0, 0.05) is 0 Å². The predicted molar refractivity (Wildman–Crippen MR) is 55.4 cm³/mol. The molecule has 0 aliphatic rings. The van der Waals surface area contributed by atoms with Crippen LogP contribution >= 0.6 is 0 Å². The molecule has 0 saturated carbocycles. The van der Waals surface area contributed by atoms with Crippen LogP contribution in [0, 0.1) is 0 Å². The van der Waals surface area contributed by atoms with Gasteiger partial charge in [0.1, 0.15) is 0 Å². The Hall–Kier alpha value is 0.535. The fourth-order valence-corrected chi connectivity index (χ4v) is 0.582. The summed E-state index contributed by atoms with van der Waals surface area (Å²) in [5, 5.41) is 8.55. The molecule has 0 radical (unpaired) electrons. The summed E-state index contributed by atoms with van der Waals surface area (Å²) in [5.74, 6) is 0. The Morgan fingerprint density at radius 1 is 0.857 bits per heavy atom. The van der Waals surface area contributed by atoms with Crippen molar-refractivity contribution in [3.8, 4) is 0 Å². The number of nitrogens with zero attached hydrogens (tertiary/aromatic N) is 2. The molecule has 0 amide bonds. The molecule has 0 fully saturated rings. The zero-order valence-corrected chi connectivity index (χ0v) is 10.6. The van der Waals surface area contributed by atoms with Crippen molar-refractivity contribution < 1.29 is 37.7 Å². The Morgan fingerprint density at radius 2 is 1.14 bits per heavy atom. The zero-order chi connectivity index (χ0) is 9.40. The van der Waals surface area contributed by atoms with E-state index in [1.54, 1.807) is 12.4 Å². The molecular weight excluding hydrogens is 162 g/mol. The van der Waals surface area contributed by atoms with Crippen LogP contribution in [0.1, 0.15) is 40.5 Å². The number of hydrogen-bond acceptors (Lipinski definition) is 0. The molecule has 0 aromatic carbocycles. The Kier molecular flexibility index (Phi) is 19.3. The summed E-state index contributed by atoms with van der Waals surface area (Å²) in [6, 6.07) is 0.849. The molecule has 0 aromatic rings. The van der Waals surface area contributed by atoms with Crippen molar-refractivity contribution in [2.45, 2.75) is 52.6 Å². The van der Waals surface area contributed by atoms with E-state index in [1.807, 2.05) is 0 Å². The second kappa shape index (κ2) is 13.5. The topological polar surface area (TPSA) is 28.2 Å². The molecule has 2 atom stereocenters. The van der Waals surface area contributed by atoms with Crippen LogP contribution in [0.2, 0.25) is 0 Å². The first kappa shape index (κ1) is 20.0. The fraction of sp³-hybridized carbons (Fsp3) is 0.800. The van der Waals surface area contributed by atoms with Gasteiger partial charge < -0.3 is 10.6 Å². The van der Waals surface area contributed by atoms with Crippen molar-refractivity contribution in [1.82, 2.24) is 0 Å². The van der Waals surface area contributed by atoms with Crippen molar-refractivity contribution >= 4 is 0 Å². The van der Waals surface area contributed by atoms with Crippen LogP contribution in [0.15, 0.2) is 12.4 Å². The molecule has 0 rings (SSSR count). The summed E-state index contributed by atoms with van der Waals surface area (Å²) in [7, 11) is 0. The van der Waals surface area contributed by atoms with E-state index >= 15 is 0 Å². The largest absolute Gasteiger partial charge is 1.00 e. The molecular formula is C10H20Li2N2. The number of rotatable bonds is 6. The van der Waals surface area contributed by atoms with Gasteiger partial charge in [-0.2, -0.15) is 0 Å². The smallest absolute Gasteiger partial charge is 0.690 e. The van der Waals surface area contributed by atoms with Gasteiger partial charge in [0.2, 0.25) is 0 Å². The van der Waals surface area contributed by atoms with Crippen molar-refractivity contribution in [2.24, 2.45) is 0 Å². The third kappa shape index (κ3) is 12.5. The van der Waals surface area contributed by atoms with E-state index in [-0.39, 0.29) is 37.7 Å². The minimum atomic E-state index is 0. The third-order valence-electron chi connectivity index (χ3n) is 1.93. The molecule has 0 aliphatic heterocycles.